The Morgan fingerprint density at radius 1 is 1.20 bits per heavy atom. The predicted octanol–water partition coefficient (Wildman–Crippen LogP) is 2.23. The van der Waals surface area contributed by atoms with Gasteiger partial charge < -0.3 is 10.0 Å². The molecule has 1 unspecified atom stereocenters. The minimum absolute atomic E-state index is 0.137. The summed E-state index contributed by atoms with van der Waals surface area (Å²) in [5, 5.41) is 9.36. The number of hydrogen-bond acceptors (Lipinski definition) is 3. The molecule has 110 valence electrons. The third kappa shape index (κ3) is 3.31. The molecule has 0 bridgehead atoms. The summed E-state index contributed by atoms with van der Waals surface area (Å²) in [6.45, 7) is 9.45. The first-order valence-corrected chi connectivity index (χ1v) is 7.27. The summed E-state index contributed by atoms with van der Waals surface area (Å²) in [7, 11) is 0. The van der Waals surface area contributed by atoms with Crippen molar-refractivity contribution in [2.24, 2.45) is 5.92 Å². The van der Waals surface area contributed by atoms with Crippen molar-refractivity contribution in [2.45, 2.75) is 26.8 Å². The van der Waals surface area contributed by atoms with Crippen LogP contribution in [0.15, 0.2) is 24.3 Å². The van der Waals surface area contributed by atoms with Gasteiger partial charge in [0.25, 0.3) is 0 Å². The van der Waals surface area contributed by atoms with Crippen LogP contribution in [0, 0.1) is 12.8 Å². The number of benzene rings is 1. The lowest BCUT2D eigenvalue weighted by molar-refractivity contribution is -0.145. The fourth-order valence-corrected chi connectivity index (χ4v) is 2.95. The van der Waals surface area contributed by atoms with E-state index in [2.05, 4.69) is 41.0 Å². The average Bonchev–Trinajstić information content (AvgIpc) is 2.38. The summed E-state index contributed by atoms with van der Waals surface area (Å²) in [4.78, 5) is 15.8. The lowest BCUT2D eigenvalue weighted by Crippen LogP contribution is -2.54. The molecule has 1 aromatic carbocycles. The number of aryl methyl sites for hydroxylation is 1. The maximum atomic E-state index is 11.4. The van der Waals surface area contributed by atoms with Crippen molar-refractivity contribution in [3.63, 3.8) is 0 Å². The van der Waals surface area contributed by atoms with E-state index in [9.17, 15) is 9.90 Å². The van der Waals surface area contributed by atoms with Crippen LogP contribution in [-0.2, 0) is 4.79 Å². The summed E-state index contributed by atoms with van der Waals surface area (Å²) < 4.78 is 0. The van der Waals surface area contributed by atoms with Gasteiger partial charge in [-0.2, -0.15) is 0 Å². The monoisotopic (exact) mass is 276 g/mol. The molecule has 20 heavy (non-hydrogen) atoms. The highest BCUT2D eigenvalue weighted by Crippen LogP contribution is 2.20. The van der Waals surface area contributed by atoms with Gasteiger partial charge in [0.2, 0.25) is 0 Å². The summed E-state index contributed by atoms with van der Waals surface area (Å²) >= 11 is 0. The summed E-state index contributed by atoms with van der Waals surface area (Å²) in [6, 6.07) is 8.12. The van der Waals surface area contributed by atoms with Crippen LogP contribution in [0.4, 0.5) is 5.69 Å². The standard InChI is InChI=1S/C16H24N2O2/c1-12(2)15(16(19)20)18-9-7-17(8-10-18)14-6-4-5-13(3)11-14/h4-6,11-12,15H,7-10H2,1-3H3,(H,19,20). The molecule has 0 amide bonds. The average molecular weight is 276 g/mol. The van der Waals surface area contributed by atoms with Crippen molar-refractivity contribution >= 4 is 11.7 Å². The van der Waals surface area contributed by atoms with Crippen LogP contribution in [0.25, 0.3) is 0 Å². The summed E-state index contributed by atoms with van der Waals surface area (Å²) in [5.41, 5.74) is 2.50. The molecular formula is C16H24N2O2. The predicted molar refractivity (Wildman–Crippen MR) is 81.2 cm³/mol. The van der Waals surface area contributed by atoms with Crippen LogP contribution in [0.5, 0.6) is 0 Å². The molecule has 1 atom stereocenters. The first-order valence-electron chi connectivity index (χ1n) is 7.27. The Bertz CT molecular complexity index is 465. The van der Waals surface area contributed by atoms with Gasteiger partial charge in [-0.25, -0.2) is 0 Å². The molecule has 0 spiro atoms. The van der Waals surface area contributed by atoms with E-state index in [-0.39, 0.29) is 12.0 Å². The molecule has 1 N–H and O–H groups in total. The highest BCUT2D eigenvalue weighted by atomic mass is 16.4. The van der Waals surface area contributed by atoms with Gasteiger partial charge >= 0.3 is 5.97 Å². The first-order chi connectivity index (χ1) is 9.49. The minimum Gasteiger partial charge on any atom is -0.480 e. The van der Waals surface area contributed by atoms with Gasteiger partial charge in [0, 0.05) is 31.9 Å². The van der Waals surface area contributed by atoms with E-state index >= 15 is 0 Å². The van der Waals surface area contributed by atoms with E-state index in [1.54, 1.807) is 0 Å². The van der Waals surface area contributed by atoms with Gasteiger partial charge in [-0.3, -0.25) is 9.69 Å². The number of aliphatic carboxylic acids is 1. The van der Waals surface area contributed by atoms with Crippen LogP contribution in [0.1, 0.15) is 19.4 Å². The Morgan fingerprint density at radius 2 is 1.85 bits per heavy atom. The number of nitrogens with zero attached hydrogens (tertiary/aromatic N) is 2. The lowest BCUT2D eigenvalue weighted by Gasteiger charge is -2.40. The third-order valence-corrected chi connectivity index (χ3v) is 3.96. The third-order valence-electron chi connectivity index (χ3n) is 3.96. The molecule has 0 saturated carbocycles. The van der Waals surface area contributed by atoms with Crippen molar-refractivity contribution in [3.8, 4) is 0 Å². The molecule has 1 aromatic rings. The van der Waals surface area contributed by atoms with E-state index in [0.717, 1.165) is 26.2 Å². The number of carbonyl (C=O) groups is 1. The molecule has 4 nitrogen and oxygen atoms in total. The molecule has 1 aliphatic heterocycles. The molecule has 0 radical (unpaired) electrons. The Balaban J connectivity index is 2.00. The highest BCUT2D eigenvalue weighted by Gasteiger charge is 2.31. The van der Waals surface area contributed by atoms with Gasteiger partial charge in [-0.05, 0) is 30.5 Å². The van der Waals surface area contributed by atoms with Gasteiger partial charge in [0.05, 0.1) is 0 Å². The van der Waals surface area contributed by atoms with E-state index < -0.39 is 5.97 Å². The fourth-order valence-electron chi connectivity index (χ4n) is 2.95. The molecular weight excluding hydrogens is 252 g/mol. The van der Waals surface area contributed by atoms with Crippen molar-refractivity contribution in [3.05, 3.63) is 29.8 Å². The molecule has 1 saturated heterocycles. The van der Waals surface area contributed by atoms with Gasteiger partial charge in [-0.1, -0.05) is 26.0 Å². The van der Waals surface area contributed by atoms with E-state index in [1.807, 2.05) is 13.8 Å². The van der Waals surface area contributed by atoms with Crippen molar-refractivity contribution < 1.29 is 9.90 Å². The number of anilines is 1. The Labute approximate surface area is 121 Å². The van der Waals surface area contributed by atoms with Crippen molar-refractivity contribution in [1.29, 1.82) is 0 Å². The van der Waals surface area contributed by atoms with Gasteiger partial charge in [-0.15, -0.1) is 0 Å². The molecule has 0 aliphatic carbocycles. The maximum absolute atomic E-state index is 11.4. The van der Waals surface area contributed by atoms with E-state index in [4.69, 9.17) is 0 Å². The van der Waals surface area contributed by atoms with E-state index in [1.165, 1.54) is 11.3 Å². The zero-order valence-corrected chi connectivity index (χ0v) is 12.5. The number of rotatable bonds is 4. The maximum Gasteiger partial charge on any atom is 0.321 e. The second kappa shape index (κ2) is 6.27. The smallest absolute Gasteiger partial charge is 0.321 e. The first kappa shape index (κ1) is 14.9. The molecule has 1 heterocycles. The molecule has 1 fully saturated rings. The number of carboxylic acids is 1. The zero-order valence-electron chi connectivity index (χ0n) is 12.5. The number of hydrogen-bond donors (Lipinski definition) is 1. The molecule has 2 rings (SSSR count). The second-order valence-corrected chi connectivity index (χ2v) is 5.89. The topological polar surface area (TPSA) is 43.8 Å². The fraction of sp³-hybridized carbons (Fsp3) is 0.562. The number of carboxylic acid groups (broad SMARTS) is 1. The van der Waals surface area contributed by atoms with Crippen LogP contribution in [0.3, 0.4) is 0 Å². The van der Waals surface area contributed by atoms with Crippen LogP contribution >= 0.6 is 0 Å². The number of piperazine rings is 1. The SMILES string of the molecule is Cc1cccc(N2CCN(C(C(=O)O)C(C)C)CC2)c1. The normalized spacial score (nSPS) is 18.3. The van der Waals surface area contributed by atoms with E-state index in [0.29, 0.717) is 0 Å². The molecule has 4 heteroatoms. The van der Waals surface area contributed by atoms with Crippen LogP contribution in [-0.4, -0.2) is 48.2 Å². The van der Waals surface area contributed by atoms with Gasteiger partial charge in [0.15, 0.2) is 0 Å². The van der Waals surface area contributed by atoms with Crippen LogP contribution < -0.4 is 4.90 Å². The van der Waals surface area contributed by atoms with Crippen molar-refractivity contribution in [1.82, 2.24) is 4.90 Å². The van der Waals surface area contributed by atoms with Gasteiger partial charge in [0.1, 0.15) is 6.04 Å². The quantitative estimate of drug-likeness (QED) is 0.916. The highest BCUT2D eigenvalue weighted by molar-refractivity contribution is 5.73. The second-order valence-electron chi connectivity index (χ2n) is 5.89. The minimum atomic E-state index is -0.705. The Kier molecular flexibility index (Phi) is 4.65. The Morgan fingerprint density at radius 3 is 2.35 bits per heavy atom. The van der Waals surface area contributed by atoms with Crippen LogP contribution in [0.2, 0.25) is 0 Å². The van der Waals surface area contributed by atoms with Crippen molar-refractivity contribution in [2.75, 3.05) is 31.1 Å². The largest absolute Gasteiger partial charge is 0.480 e. The lowest BCUT2D eigenvalue weighted by atomic mass is 10.0. The zero-order chi connectivity index (χ0) is 14.7. The summed E-state index contributed by atoms with van der Waals surface area (Å²) in [5.74, 6) is -0.568. The molecule has 1 aliphatic rings. The summed E-state index contributed by atoms with van der Waals surface area (Å²) in [6.07, 6.45) is 0. The Hall–Kier alpha value is -1.55. The molecule has 0 aromatic heterocycles.